The van der Waals surface area contributed by atoms with Gasteiger partial charge >= 0.3 is 77.2 Å². The van der Waals surface area contributed by atoms with Crippen molar-refractivity contribution in [2.24, 2.45) is 0 Å². The Labute approximate surface area is 271 Å². The molecule has 1 rings (SSSR count). The number of hydrogen-bond donors (Lipinski definition) is 0. The maximum Gasteiger partial charge on any atom is 1.00 e. The van der Waals surface area contributed by atoms with Crippen LogP contribution in [0.1, 0.15) is 61.4 Å². The summed E-state index contributed by atoms with van der Waals surface area (Å²) in [4.78, 5) is 12.5. The summed E-state index contributed by atoms with van der Waals surface area (Å²) < 4.78 is 264. The maximum atomic E-state index is 14.5. The van der Waals surface area contributed by atoms with Gasteiger partial charge in [-0.2, -0.15) is 74.6 Å². The molecule has 0 spiro atoms. The minimum Gasteiger partial charge on any atom is -0.747 e. The predicted molar refractivity (Wildman–Crippen MR) is 117 cm³/mol. The summed E-state index contributed by atoms with van der Waals surface area (Å²) in [6.45, 7) is 1.80. The largest absolute Gasteiger partial charge is 1.00 e. The smallest absolute Gasteiger partial charge is 0.747 e. The molecule has 0 heterocycles. The van der Waals surface area contributed by atoms with Crippen LogP contribution in [0.4, 0.5) is 74.6 Å². The molecule has 0 aliphatic carbocycles. The molecule has 262 valence electrons. The number of benzene rings is 1. The summed E-state index contributed by atoms with van der Waals surface area (Å²) in [5, 5.41) is -2.38. The van der Waals surface area contributed by atoms with E-state index < -0.39 is 98.5 Å². The van der Waals surface area contributed by atoms with Crippen LogP contribution in [0.5, 0.6) is 0 Å². The minimum absolute atomic E-state index is 0. The Hall–Kier alpha value is -1.39. The number of unbranched alkanes of at least 4 members (excludes halogenated alkanes) is 4. The van der Waals surface area contributed by atoms with Gasteiger partial charge in [0.1, 0.15) is 15.4 Å². The Kier molecular flexibility index (Phi) is 13.8. The van der Waals surface area contributed by atoms with Crippen LogP contribution in [0.15, 0.2) is 24.3 Å². The number of Topliss-reactive ketones (excluding diaryl/α,β-unsaturated/α-hetero) is 1. The molecule has 0 aliphatic rings. The summed E-state index contributed by atoms with van der Waals surface area (Å²) in [6, 6.07) is -0.926. The third-order valence-corrected chi connectivity index (χ3v) is 7.61. The minimum atomic E-state index is -8.77. The van der Waals surface area contributed by atoms with Gasteiger partial charge in [0.25, 0.3) is 0 Å². The van der Waals surface area contributed by atoms with E-state index >= 15 is 0 Å². The van der Waals surface area contributed by atoms with Crippen LogP contribution in [0, 0.1) is 0 Å². The summed E-state index contributed by atoms with van der Waals surface area (Å²) in [6.07, 6.45) is -6.29. The molecular formula is C23H20F17NaO4S. The quantitative estimate of drug-likeness (QED) is 0.0727. The van der Waals surface area contributed by atoms with Crippen molar-refractivity contribution in [3.8, 4) is 0 Å². The van der Waals surface area contributed by atoms with Gasteiger partial charge in [-0.05, 0) is 6.42 Å². The predicted octanol–water partition coefficient (Wildman–Crippen LogP) is 5.61. The van der Waals surface area contributed by atoms with Crippen molar-refractivity contribution in [1.82, 2.24) is 0 Å². The molecule has 1 atom stereocenters. The molecule has 0 N–H and O–H groups in total. The van der Waals surface area contributed by atoms with Crippen LogP contribution in [0.3, 0.4) is 0 Å². The van der Waals surface area contributed by atoms with Crippen LogP contribution < -0.4 is 29.6 Å². The molecule has 1 unspecified atom stereocenters. The van der Waals surface area contributed by atoms with Gasteiger partial charge in [0.05, 0.1) is 0 Å². The first-order valence-electron chi connectivity index (χ1n) is 12.1. The molecule has 0 radical (unpaired) electrons. The van der Waals surface area contributed by atoms with E-state index in [9.17, 15) is 92.4 Å². The van der Waals surface area contributed by atoms with E-state index in [-0.39, 0.29) is 48.1 Å². The summed E-state index contributed by atoms with van der Waals surface area (Å²) >= 11 is 0. The van der Waals surface area contributed by atoms with Crippen LogP contribution >= 0.6 is 0 Å². The van der Waals surface area contributed by atoms with Crippen LogP contribution in [-0.2, 0) is 16.0 Å². The van der Waals surface area contributed by atoms with E-state index in [0.29, 0.717) is 19.3 Å². The first-order valence-corrected chi connectivity index (χ1v) is 13.6. The number of ketones is 1. The average Bonchev–Trinajstić information content (AvgIpc) is 2.88. The van der Waals surface area contributed by atoms with E-state index in [1.54, 1.807) is 6.92 Å². The molecule has 23 heteroatoms. The zero-order valence-electron chi connectivity index (χ0n) is 23.1. The van der Waals surface area contributed by atoms with Crippen LogP contribution in [0.25, 0.3) is 0 Å². The number of rotatable bonds is 16. The van der Waals surface area contributed by atoms with Crippen molar-refractivity contribution >= 4 is 15.9 Å². The van der Waals surface area contributed by atoms with E-state index in [4.69, 9.17) is 0 Å². The van der Waals surface area contributed by atoms with Gasteiger partial charge in [-0.15, -0.1) is 0 Å². The molecule has 1 aromatic rings. The van der Waals surface area contributed by atoms with Crippen molar-refractivity contribution in [3.63, 3.8) is 0 Å². The summed E-state index contributed by atoms with van der Waals surface area (Å²) in [5.41, 5.74) is -3.61. The molecule has 0 saturated carbocycles. The second kappa shape index (κ2) is 14.2. The molecule has 46 heavy (non-hydrogen) atoms. The number of carbonyl (C=O) groups is 1. The van der Waals surface area contributed by atoms with Crippen LogP contribution in [-0.4, -0.2) is 65.7 Å². The molecule has 0 aliphatic heterocycles. The fraction of sp³-hybridized carbons (Fsp3) is 0.696. The average molecular weight is 738 g/mol. The molecular weight excluding hydrogens is 718 g/mol. The third-order valence-electron chi connectivity index (χ3n) is 6.46. The third kappa shape index (κ3) is 7.59. The van der Waals surface area contributed by atoms with Crippen molar-refractivity contribution in [2.45, 2.75) is 98.3 Å². The number of halogens is 17. The Balaban J connectivity index is 0.0000202. The Morgan fingerprint density at radius 2 is 1.00 bits per heavy atom. The fourth-order valence-electron chi connectivity index (χ4n) is 3.71. The molecule has 0 saturated heterocycles. The molecule has 0 amide bonds. The van der Waals surface area contributed by atoms with E-state index in [2.05, 4.69) is 0 Å². The zero-order chi connectivity index (χ0) is 35.9. The fourth-order valence-corrected chi connectivity index (χ4v) is 4.57. The van der Waals surface area contributed by atoms with Crippen molar-refractivity contribution in [2.75, 3.05) is 0 Å². The summed E-state index contributed by atoms with van der Waals surface area (Å²) in [7, 11) is -5.45. The van der Waals surface area contributed by atoms with Gasteiger partial charge in [-0.1, -0.05) is 63.3 Å². The van der Waals surface area contributed by atoms with Gasteiger partial charge in [-0.3, -0.25) is 4.79 Å². The van der Waals surface area contributed by atoms with Gasteiger partial charge in [0.15, 0.2) is 5.78 Å². The number of hydrogen-bond acceptors (Lipinski definition) is 4. The van der Waals surface area contributed by atoms with Crippen molar-refractivity contribution in [1.29, 1.82) is 0 Å². The Morgan fingerprint density at radius 1 is 0.630 bits per heavy atom. The summed E-state index contributed by atoms with van der Waals surface area (Å²) in [5.74, 6) is -59.4. The van der Waals surface area contributed by atoms with Gasteiger partial charge < -0.3 is 4.55 Å². The zero-order valence-corrected chi connectivity index (χ0v) is 25.9. The first-order chi connectivity index (χ1) is 19.8. The van der Waals surface area contributed by atoms with Gasteiger partial charge in [0.2, 0.25) is 0 Å². The second-order valence-electron chi connectivity index (χ2n) is 9.64. The Bertz CT molecular complexity index is 1300. The first kappa shape index (κ1) is 44.6. The molecule has 0 bridgehead atoms. The standard InChI is InChI=1S/C23H21F17O4S.Na/c1-2-3-4-5-6-7-14(45(42,43)44)15(41)12-8-10-13(11-9-12)16(24,25)17(26,27)18(28,29)19(30,31)20(32,33)21(34,35)22(36,37)23(38,39)40;/h8-11,14H,2-7H2,1H3,(H,42,43,44);/q;+1/p-1. The molecule has 0 fully saturated rings. The monoisotopic (exact) mass is 738 g/mol. The van der Waals surface area contributed by atoms with Crippen molar-refractivity contribution < 1.29 is 122 Å². The van der Waals surface area contributed by atoms with Crippen LogP contribution in [0.2, 0.25) is 0 Å². The second-order valence-corrected chi connectivity index (χ2v) is 11.2. The topological polar surface area (TPSA) is 74.3 Å². The van der Waals surface area contributed by atoms with Gasteiger partial charge in [-0.25, -0.2) is 8.42 Å². The van der Waals surface area contributed by atoms with E-state index in [1.165, 1.54) is 0 Å². The van der Waals surface area contributed by atoms with Crippen molar-refractivity contribution in [3.05, 3.63) is 35.4 Å². The number of alkyl halides is 17. The molecule has 1 aromatic carbocycles. The van der Waals surface area contributed by atoms with E-state index in [0.717, 1.165) is 6.42 Å². The SMILES string of the molecule is CCCCCCCC(C(=O)c1ccc(C(F)(F)C(F)(F)C(F)(F)C(F)(F)C(F)(F)C(F)(F)C(F)(F)C(F)(F)F)cc1)S(=O)(=O)[O-].[Na+]. The molecule has 4 nitrogen and oxygen atoms in total. The normalized spacial score (nSPS) is 15.4. The number of carbonyl (C=O) groups excluding carboxylic acids is 1. The maximum absolute atomic E-state index is 14.5. The molecule has 0 aromatic heterocycles. The Morgan fingerprint density at radius 3 is 1.37 bits per heavy atom. The van der Waals surface area contributed by atoms with E-state index in [1.807, 2.05) is 0 Å². The van der Waals surface area contributed by atoms with Gasteiger partial charge in [0, 0.05) is 11.1 Å².